The zero-order valence-corrected chi connectivity index (χ0v) is 29.9. The van der Waals surface area contributed by atoms with Crippen molar-refractivity contribution in [1.82, 2.24) is 0 Å². The highest BCUT2D eigenvalue weighted by Gasteiger charge is 2.51. The number of ether oxygens (including phenoxy) is 1. The monoisotopic (exact) mass is 664 g/mol. The molecule has 0 bridgehead atoms. The lowest BCUT2D eigenvalue weighted by Gasteiger charge is -2.46. The van der Waals surface area contributed by atoms with E-state index in [1.54, 1.807) is 6.92 Å². The SMILES string of the molecule is CC(=O)OC/C=C(C)/C=C/C(Br)=C/[C@@H](O[Si](c1ccccc1)(c1ccccc1)C(C)(C)C)[C@@H](C)C[C@H](C)/C=C(\C)C(C)=O. The molecule has 2 aromatic carbocycles. The maximum Gasteiger partial charge on any atom is 0.302 e. The Labute approximate surface area is 269 Å². The summed E-state index contributed by atoms with van der Waals surface area (Å²) in [4.78, 5) is 23.1. The number of carbonyl (C=O) groups is 2. The van der Waals surface area contributed by atoms with Crippen molar-refractivity contribution < 1.29 is 18.8 Å². The van der Waals surface area contributed by atoms with Crippen LogP contribution in [0, 0.1) is 11.8 Å². The third kappa shape index (κ3) is 11.0. The smallest absolute Gasteiger partial charge is 0.302 e. The van der Waals surface area contributed by atoms with Crippen LogP contribution < -0.4 is 10.4 Å². The van der Waals surface area contributed by atoms with Crippen LogP contribution in [-0.4, -0.2) is 32.8 Å². The second-order valence-corrected chi connectivity index (χ2v) is 17.6. The van der Waals surface area contributed by atoms with Crippen molar-refractivity contribution in [3.05, 3.63) is 107 Å². The minimum absolute atomic E-state index is 0.101. The number of hydrogen-bond acceptors (Lipinski definition) is 4. The Morgan fingerprint density at radius 3 is 1.86 bits per heavy atom. The molecule has 0 heterocycles. The summed E-state index contributed by atoms with van der Waals surface area (Å²) in [6.07, 6.45) is 10.8. The Hall–Kier alpha value is -2.80. The average molecular weight is 666 g/mol. The molecule has 3 atom stereocenters. The highest BCUT2D eigenvalue weighted by molar-refractivity contribution is 9.11. The van der Waals surface area contributed by atoms with Gasteiger partial charge < -0.3 is 9.16 Å². The molecule has 0 unspecified atom stereocenters. The van der Waals surface area contributed by atoms with Crippen LogP contribution >= 0.6 is 15.9 Å². The van der Waals surface area contributed by atoms with Crippen LogP contribution in [0.2, 0.25) is 5.04 Å². The van der Waals surface area contributed by atoms with Gasteiger partial charge in [-0.05, 0) is 78.2 Å². The Morgan fingerprint density at radius 2 is 1.40 bits per heavy atom. The fourth-order valence-electron chi connectivity index (χ4n) is 5.32. The van der Waals surface area contributed by atoms with E-state index in [2.05, 4.69) is 123 Å². The molecular weight excluding hydrogens is 616 g/mol. The summed E-state index contributed by atoms with van der Waals surface area (Å²) in [5, 5.41) is 2.29. The fourth-order valence-corrected chi connectivity index (χ4v) is 10.4. The van der Waals surface area contributed by atoms with Crippen LogP contribution in [0.5, 0.6) is 0 Å². The van der Waals surface area contributed by atoms with Crippen LogP contribution in [0.15, 0.2) is 107 Å². The van der Waals surface area contributed by atoms with Gasteiger partial charge in [0.25, 0.3) is 8.32 Å². The van der Waals surface area contributed by atoms with Crippen LogP contribution in [0.4, 0.5) is 0 Å². The van der Waals surface area contributed by atoms with E-state index in [9.17, 15) is 9.59 Å². The van der Waals surface area contributed by atoms with E-state index < -0.39 is 8.32 Å². The molecule has 0 fully saturated rings. The third-order valence-corrected chi connectivity index (χ3v) is 13.2. The van der Waals surface area contributed by atoms with Gasteiger partial charge in [-0.2, -0.15) is 0 Å². The van der Waals surface area contributed by atoms with Gasteiger partial charge in [0, 0.05) is 11.4 Å². The van der Waals surface area contributed by atoms with E-state index in [0.29, 0.717) is 0 Å². The molecule has 0 aromatic heterocycles. The molecule has 232 valence electrons. The Bertz CT molecular complexity index is 1280. The lowest BCUT2D eigenvalue weighted by Crippen LogP contribution is -2.68. The molecule has 0 aliphatic heterocycles. The molecule has 0 aliphatic carbocycles. The normalized spacial score (nSPS) is 15.7. The van der Waals surface area contributed by atoms with Crippen molar-refractivity contribution in [3.8, 4) is 0 Å². The van der Waals surface area contributed by atoms with Gasteiger partial charge in [0.2, 0.25) is 0 Å². The molecule has 2 rings (SSSR count). The zero-order valence-electron chi connectivity index (χ0n) is 27.3. The number of benzene rings is 2. The van der Waals surface area contributed by atoms with E-state index in [-0.39, 0.29) is 41.3 Å². The van der Waals surface area contributed by atoms with Gasteiger partial charge in [-0.15, -0.1) is 0 Å². The van der Waals surface area contributed by atoms with Gasteiger partial charge in [-0.3, -0.25) is 9.59 Å². The second kappa shape index (κ2) is 16.9. The van der Waals surface area contributed by atoms with Gasteiger partial charge in [-0.25, -0.2) is 0 Å². The van der Waals surface area contributed by atoms with Crippen LogP contribution in [0.25, 0.3) is 0 Å². The Balaban J connectivity index is 2.64. The third-order valence-electron chi connectivity index (χ3n) is 7.64. The van der Waals surface area contributed by atoms with Crippen LogP contribution in [-0.2, 0) is 18.8 Å². The number of esters is 1. The van der Waals surface area contributed by atoms with Crippen molar-refractivity contribution in [3.63, 3.8) is 0 Å². The number of allylic oxidation sites excluding steroid dienone is 6. The maximum absolute atomic E-state index is 11.9. The highest BCUT2D eigenvalue weighted by atomic mass is 79.9. The van der Waals surface area contributed by atoms with Gasteiger partial charge in [0.1, 0.15) is 6.61 Å². The number of ketones is 1. The molecule has 0 radical (unpaired) electrons. The van der Waals surface area contributed by atoms with Gasteiger partial charge in [0.05, 0.1) is 6.10 Å². The molecule has 0 saturated carbocycles. The lowest BCUT2D eigenvalue weighted by atomic mass is 9.91. The van der Waals surface area contributed by atoms with E-state index in [4.69, 9.17) is 9.16 Å². The number of rotatable bonds is 14. The molecule has 0 saturated heterocycles. The quantitative estimate of drug-likeness (QED) is 0.0880. The van der Waals surface area contributed by atoms with E-state index >= 15 is 0 Å². The summed E-state index contributed by atoms with van der Waals surface area (Å²) in [5.41, 5.74) is 1.78. The topological polar surface area (TPSA) is 52.6 Å². The summed E-state index contributed by atoms with van der Waals surface area (Å²) in [6, 6.07) is 21.4. The van der Waals surface area contributed by atoms with E-state index in [1.807, 2.05) is 32.1 Å². The number of carbonyl (C=O) groups excluding carboxylic acids is 2. The summed E-state index contributed by atoms with van der Waals surface area (Å²) < 4.78 is 13.6. The van der Waals surface area contributed by atoms with Crippen molar-refractivity contribution in [2.45, 2.75) is 79.9 Å². The van der Waals surface area contributed by atoms with Crippen molar-refractivity contribution in [1.29, 1.82) is 0 Å². The minimum atomic E-state index is -2.83. The largest absolute Gasteiger partial charge is 0.462 e. The summed E-state index contributed by atoms with van der Waals surface area (Å²) in [5.74, 6) is 0.158. The Kier molecular flexibility index (Phi) is 14.3. The second-order valence-electron chi connectivity index (χ2n) is 12.5. The van der Waals surface area contributed by atoms with Crippen molar-refractivity contribution in [2.24, 2.45) is 11.8 Å². The number of hydrogen-bond donors (Lipinski definition) is 0. The summed E-state index contributed by atoms with van der Waals surface area (Å²) >= 11 is 3.80. The van der Waals surface area contributed by atoms with E-state index in [1.165, 1.54) is 17.3 Å². The fraction of sp³-hybridized carbons (Fsp3) is 0.405. The molecule has 6 heteroatoms. The molecule has 0 aliphatic rings. The lowest BCUT2D eigenvalue weighted by molar-refractivity contribution is -0.139. The first-order valence-electron chi connectivity index (χ1n) is 15.0. The van der Waals surface area contributed by atoms with Gasteiger partial charge >= 0.3 is 5.97 Å². The Morgan fingerprint density at radius 1 is 0.860 bits per heavy atom. The van der Waals surface area contributed by atoms with Gasteiger partial charge in [0.15, 0.2) is 5.78 Å². The number of Topliss-reactive ketones (excluding diaryl/α,β-unsaturated/α-hetero) is 1. The minimum Gasteiger partial charge on any atom is -0.462 e. The molecular formula is C37H49BrO4Si. The summed E-state index contributed by atoms with van der Waals surface area (Å²) in [7, 11) is -2.83. The predicted octanol–water partition coefficient (Wildman–Crippen LogP) is 8.47. The van der Waals surface area contributed by atoms with Gasteiger partial charge in [-0.1, -0.05) is 129 Å². The first kappa shape index (κ1) is 36.4. The molecule has 43 heavy (non-hydrogen) atoms. The molecule has 2 aromatic rings. The predicted molar refractivity (Wildman–Crippen MR) is 186 cm³/mol. The molecule has 0 spiro atoms. The van der Waals surface area contributed by atoms with Crippen molar-refractivity contribution >= 4 is 46.4 Å². The van der Waals surface area contributed by atoms with Crippen LogP contribution in [0.1, 0.15) is 68.7 Å². The summed E-state index contributed by atoms with van der Waals surface area (Å²) in [6.45, 7) is 18.4. The first-order valence-corrected chi connectivity index (χ1v) is 17.7. The molecule has 0 N–H and O–H groups in total. The highest BCUT2D eigenvalue weighted by Crippen LogP contribution is 2.39. The molecule has 4 nitrogen and oxygen atoms in total. The standard InChI is InChI=1S/C37H49BrO4Si/c1-27(22-23-41-32(6)40)20-21-33(38)26-36(30(4)25-28(2)24-29(3)31(5)39)42-43(37(7,8)9,34-16-12-10-13-17-34)35-18-14-11-15-19-35/h10-22,24,26,28,30,36H,23,25H2,1-9H3/b21-20+,27-22+,29-24+,33-26-/t28-,30+,36-/m1/s1. The first-order chi connectivity index (χ1) is 20.2. The van der Waals surface area contributed by atoms with E-state index in [0.717, 1.165) is 22.0 Å². The number of halogens is 1. The van der Waals surface area contributed by atoms with Crippen LogP contribution in [0.3, 0.4) is 0 Å². The zero-order chi connectivity index (χ0) is 32.2. The maximum atomic E-state index is 11.9. The average Bonchev–Trinajstić information content (AvgIpc) is 2.94. The van der Waals surface area contributed by atoms with Crippen molar-refractivity contribution in [2.75, 3.05) is 6.61 Å². The molecule has 0 amide bonds.